The SMILES string of the molecule is Cc1ncsc1/C=C/Br. The van der Waals surface area contributed by atoms with E-state index in [2.05, 4.69) is 20.9 Å². The number of hydrogen-bond donors (Lipinski definition) is 0. The first kappa shape index (κ1) is 6.96. The number of aromatic nitrogens is 1. The minimum Gasteiger partial charge on any atom is -0.249 e. The second kappa shape index (κ2) is 3.13. The summed E-state index contributed by atoms with van der Waals surface area (Å²) in [5, 5.41) is 0. The molecule has 0 aliphatic rings. The zero-order chi connectivity index (χ0) is 6.69. The summed E-state index contributed by atoms with van der Waals surface area (Å²) in [5.74, 6) is 0. The van der Waals surface area contributed by atoms with Gasteiger partial charge in [0.25, 0.3) is 0 Å². The second-order valence-electron chi connectivity index (χ2n) is 1.59. The average Bonchev–Trinajstić information content (AvgIpc) is 2.18. The fraction of sp³-hybridized carbons (Fsp3) is 0.167. The second-order valence-corrected chi connectivity index (χ2v) is 3.01. The van der Waals surface area contributed by atoms with E-state index in [1.165, 1.54) is 4.88 Å². The Morgan fingerprint density at radius 2 is 2.56 bits per heavy atom. The molecule has 0 spiro atoms. The van der Waals surface area contributed by atoms with Crippen LogP contribution in [0.2, 0.25) is 0 Å². The average molecular weight is 204 g/mol. The topological polar surface area (TPSA) is 12.9 Å². The Morgan fingerprint density at radius 3 is 3.00 bits per heavy atom. The van der Waals surface area contributed by atoms with E-state index in [9.17, 15) is 0 Å². The van der Waals surface area contributed by atoms with Crippen LogP contribution in [0, 0.1) is 6.92 Å². The van der Waals surface area contributed by atoms with Crippen LogP contribution in [0.3, 0.4) is 0 Å². The lowest BCUT2D eigenvalue weighted by atomic mass is 10.4. The lowest BCUT2D eigenvalue weighted by Gasteiger charge is -1.82. The predicted octanol–water partition coefficient (Wildman–Crippen LogP) is 2.82. The van der Waals surface area contributed by atoms with Crippen LogP contribution in [0.25, 0.3) is 6.08 Å². The van der Waals surface area contributed by atoms with Crippen LogP contribution in [0.4, 0.5) is 0 Å². The molecule has 0 bridgehead atoms. The van der Waals surface area contributed by atoms with Crippen LogP contribution in [-0.4, -0.2) is 4.98 Å². The third-order valence-electron chi connectivity index (χ3n) is 0.997. The van der Waals surface area contributed by atoms with Gasteiger partial charge in [-0.3, -0.25) is 0 Å². The van der Waals surface area contributed by atoms with Gasteiger partial charge < -0.3 is 0 Å². The molecule has 48 valence electrons. The van der Waals surface area contributed by atoms with Crippen molar-refractivity contribution in [2.24, 2.45) is 0 Å². The van der Waals surface area contributed by atoms with E-state index in [0.29, 0.717) is 0 Å². The summed E-state index contributed by atoms with van der Waals surface area (Å²) >= 11 is 4.85. The Labute approximate surface area is 66.6 Å². The van der Waals surface area contributed by atoms with Crippen molar-refractivity contribution in [1.29, 1.82) is 0 Å². The summed E-state index contributed by atoms with van der Waals surface area (Å²) in [6.07, 6.45) is 1.99. The molecule has 0 unspecified atom stereocenters. The van der Waals surface area contributed by atoms with E-state index >= 15 is 0 Å². The molecule has 0 saturated heterocycles. The highest BCUT2D eigenvalue weighted by Gasteiger charge is 1.93. The molecule has 0 aliphatic heterocycles. The maximum absolute atomic E-state index is 4.08. The van der Waals surface area contributed by atoms with Crippen molar-refractivity contribution < 1.29 is 0 Å². The van der Waals surface area contributed by atoms with Crippen molar-refractivity contribution in [3.05, 3.63) is 21.1 Å². The molecule has 0 atom stereocenters. The number of nitrogens with zero attached hydrogens (tertiary/aromatic N) is 1. The Balaban J connectivity index is 2.94. The largest absolute Gasteiger partial charge is 0.249 e. The molecule has 1 rings (SSSR count). The Hall–Kier alpha value is -0.150. The minimum absolute atomic E-state index is 1.09. The molecule has 1 aromatic heterocycles. The Kier molecular flexibility index (Phi) is 2.42. The molecule has 0 fully saturated rings. The maximum Gasteiger partial charge on any atom is 0.0801 e. The summed E-state index contributed by atoms with van der Waals surface area (Å²) in [5.41, 5.74) is 2.94. The Morgan fingerprint density at radius 1 is 1.78 bits per heavy atom. The van der Waals surface area contributed by atoms with E-state index in [-0.39, 0.29) is 0 Å². The monoisotopic (exact) mass is 203 g/mol. The number of halogens is 1. The van der Waals surface area contributed by atoms with Gasteiger partial charge in [0.05, 0.1) is 16.1 Å². The van der Waals surface area contributed by atoms with Gasteiger partial charge in [0, 0.05) is 0 Å². The molecular formula is C6H6BrNS. The van der Waals surface area contributed by atoms with Gasteiger partial charge >= 0.3 is 0 Å². The van der Waals surface area contributed by atoms with Gasteiger partial charge in [0.2, 0.25) is 0 Å². The van der Waals surface area contributed by atoms with Crippen LogP contribution in [0.15, 0.2) is 10.5 Å². The molecule has 0 saturated carbocycles. The van der Waals surface area contributed by atoms with Crippen LogP contribution in [0.1, 0.15) is 10.6 Å². The van der Waals surface area contributed by atoms with E-state index < -0.39 is 0 Å². The molecule has 3 heteroatoms. The van der Waals surface area contributed by atoms with Crippen molar-refractivity contribution in [1.82, 2.24) is 4.98 Å². The summed E-state index contributed by atoms with van der Waals surface area (Å²) in [6, 6.07) is 0. The van der Waals surface area contributed by atoms with Gasteiger partial charge in [-0.15, -0.1) is 11.3 Å². The molecule has 0 aliphatic carbocycles. The first-order valence-electron chi connectivity index (χ1n) is 2.51. The van der Waals surface area contributed by atoms with Crippen molar-refractivity contribution in [3.8, 4) is 0 Å². The van der Waals surface area contributed by atoms with Gasteiger partial charge in [0.1, 0.15) is 0 Å². The van der Waals surface area contributed by atoms with Gasteiger partial charge in [0.15, 0.2) is 0 Å². The minimum atomic E-state index is 1.09. The van der Waals surface area contributed by atoms with Gasteiger partial charge in [-0.25, -0.2) is 4.98 Å². The molecule has 0 N–H and O–H groups in total. The van der Waals surface area contributed by atoms with Crippen LogP contribution in [0.5, 0.6) is 0 Å². The summed E-state index contributed by atoms with van der Waals surface area (Å²) in [7, 11) is 0. The summed E-state index contributed by atoms with van der Waals surface area (Å²) in [4.78, 5) is 7.14. The van der Waals surface area contributed by atoms with Crippen molar-refractivity contribution in [2.45, 2.75) is 6.92 Å². The van der Waals surface area contributed by atoms with E-state index in [1.807, 2.05) is 23.5 Å². The van der Waals surface area contributed by atoms with Crippen LogP contribution in [-0.2, 0) is 0 Å². The lowest BCUT2D eigenvalue weighted by Crippen LogP contribution is -1.69. The van der Waals surface area contributed by atoms with Crippen molar-refractivity contribution in [3.63, 3.8) is 0 Å². The summed E-state index contributed by atoms with van der Waals surface area (Å²) in [6.45, 7) is 2.00. The number of thiazole rings is 1. The number of rotatable bonds is 1. The smallest absolute Gasteiger partial charge is 0.0801 e. The standard InChI is InChI=1S/C6H6BrNS/c1-5-6(2-3-7)9-4-8-5/h2-4H,1H3/b3-2+. The quantitative estimate of drug-likeness (QED) is 0.685. The number of aryl methyl sites for hydroxylation is 1. The van der Waals surface area contributed by atoms with Gasteiger partial charge in [-0.1, -0.05) is 15.9 Å². The lowest BCUT2D eigenvalue weighted by molar-refractivity contribution is 1.26. The van der Waals surface area contributed by atoms with E-state index in [1.54, 1.807) is 11.3 Å². The highest BCUT2D eigenvalue weighted by molar-refractivity contribution is 9.11. The Bertz CT molecular complexity index is 217. The molecule has 9 heavy (non-hydrogen) atoms. The highest BCUT2D eigenvalue weighted by atomic mass is 79.9. The zero-order valence-corrected chi connectivity index (χ0v) is 7.37. The van der Waals surface area contributed by atoms with Crippen LogP contribution >= 0.6 is 27.3 Å². The molecule has 1 nitrogen and oxygen atoms in total. The van der Waals surface area contributed by atoms with Gasteiger partial charge in [-0.2, -0.15) is 0 Å². The third kappa shape index (κ3) is 1.63. The van der Waals surface area contributed by atoms with E-state index in [0.717, 1.165) is 5.69 Å². The fourth-order valence-corrected chi connectivity index (χ4v) is 1.66. The molecule has 0 amide bonds. The molecule has 0 radical (unpaired) electrons. The van der Waals surface area contributed by atoms with Gasteiger partial charge in [-0.05, 0) is 18.0 Å². The summed E-state index contributed by atoms with van der Waals surface area (Å²) < 4.78 is 0. The van der Waals surface area contributed by atoms with Crippen LogP contribution < -0.4 is 0 Å². The number of hydrogen-bond acceptors (Lipinski definition) is 2. The molecule has 0 aromatic carbocycles. The van der Waals surface area contributed by atoms with Crippen molar-refractivity contribution in [2.75, 3.05) is 0 Å². The van der Waals surface area contributed by atoms with Crippen molar-refractivity contribution >= 4 is 33.3 Å². The first-order chi connectivity index (χ1) is 4.34. The first-order valence-corrected chi connectivity index (χ1v) is 4.31. The fourth-order valence-electron chi connectivity index (χ4n) is 0.528. The normalized spacial score (nSPS) is 10.9. The molecule has 1 aromatic rings. The third-order valence-corrected chi connectivity index (χ3v) is 2.16. The highest BCUT2D eigenvalue weighted by Crippen LogP contribution is 2.14. The zero-order valence-electron chi connectivity index (χ0n) is 4.97. The molecule has 1 heterocycles. The molecular weight excluding hydrogens is 198 g/mol. The maximum atomic E-state index is 4.08. The predicted molar refractivity (Wildman–Crippen MR) is 44.8 cm³/mol. The van der Waals surface area contributed by atoms with E-state index in [4.69, 9.17) is 0 Å².